The highest BCUT2D eigenvalue weighted by atomic mass is 79.9. The maximum atomic E-state index is 13.8. The molecule has 1 aliphatic rings. The third kappa shape index (κ3) is 5.34. The summed E-state index contributed by atoms with van der Waals surface area (Å²) in [5.74, 6) is -1.06. The zero-order chi connectivity index (χ0) is 21.7. The molecule has 2 heterocycles. The summed E-state index contributed by atoms with van der Waals surface area (Å²) < 4.78 is 39.4. The Labute approximate surface area is 181 Å². The molecule has 3 rings (SSSR count). The number of methoxy groups -OCH3 is 1. The van der Waals surface area contributed by atoms with Crippen LogP contribution >= 0.6 is 15.9 Å². The molecule has 0 atom stereocenters. The molecule has 0 saturated carbocycles. The van der Waals surface area contributed by atoms with Crippen molar-refractivity contribution in [3.05, 3.63) is 73.9 Å². The van der Waals surface area contributed by atoms with E-state index in [4.69, 9.17) is 9.47 Å². The van der Waals surface area contributed by atoms with Crippen LogP contribution in [-0.2, 0) is 17.9 Å². The lowest BCUT2D eigenvalue weighted by Gasteiger charge is -2.23. The maximum absolute atomic E-state index is 13.8. The molecule has 0 spiro atoms. The van der Waals surface area contributed by atoms with Gasteiger partial charge in [-0.1, -0.05) is 0 Å². The first-order valence-electron chi connectivity index (χ1n) is 9.32. The van der Waals surface area contributed by atoms with Crippen LogP contribution in [0.15, 0.2) is 50.4 Å². The highest BCUT2D eigenvalue weighted by molar-refractivity contribution is 9.10. The zero-order valence-electron chi connectivity index (χ0n) is 16.7. The molecule has 1 aromatic heterocycles. The lowest BCUT2D eigenvalue weighted by atomic mass is 10.2. The van der Waals surface area contributed by atoms with Crippen molar-refractivity contribution in [2.75, 3.05) is 26.8 Å². The number of nitrogens with zero attached hydrogens (tertiary/aromatic N) is 3. The summed E-state index contributed by atoms with van der Waals surface area (Å²) in [6, 6.07) is 4.97. The second-order valence-corrected chi connectivity index (χ2v) is 7.59. The van der Waals surface area contributed by atoms with Crippen LogP contribution < -0.4 is 10.3 Å². The highest BCUT2D eigenvalue weighted by Crippen LogP contribution is 2.24. The van der Waals surface area contributed by atoms with E-state index in [2.05, 4.69) is 25.8 Å². The van der Waals surface area contributed by atoms with Gasteiger partial charge in [0.25, 0.3) is 5.56 Å². The average Bonchev–Trinajstić information content (AvgIpc) is 2.72. The minimum Gasteiger partial charge on any atom is -0.487 e. The first-order chi connectivity index (χ1) is 14.4. The van der Waals surface area contributed by atoms with Gasteiger partial charge in [-0.25, -0.2) is 8.78 Å². The van der Waals surface area contributed by atoms with Gasteiger partial charge >= 0.3 is 0 Å². The van der Waals surface area contributed by atoms with Gasteiger partial charge in [-0.3, -0.25) is 9.79 Å². The third-order valence-corrected chi connectivity index (χ3v) is 5.35. The quantitative estimate of drug-likeness (QED) is 0.577. The van der Waals surface area contributed by atoms with Crippen molar-refractivity contribution in [3.8, 4) is 5.75 Å². The monoisotopic (exact) mass is 481 g/mol. The van der Waals surface area contributed by atoms with Crippen molar-refractivity contribution in [3.63, 3.8) is 0 Å². The van der Waals surface area contributed by atoms with Crippen molar-refractivity contribution < 1.29 is 18.3 Å². The minimum atomic E-state index is -0.698. The molecule has 0 bridgehead atoms. The number of aliphatic imine (C=N–C) groups is 1. The van der Waals surface area contributed by atoms with Gasteiger partial charge in [-0.2, -0.15) is 0 Å². The van der Waals surface area contributed by atoms with E-state index >= 15 is 0 Å². The molecule has 0 amide bonds. The predicted molar refractivity (Wildman–Crippen MR) is 114 cm³/mol. The lowest BCUT2D eigenvalue weighted by molar-refractivity contribution is 0.174. The third-order valence-electron chi connectivity index (χ3n) is 4.62. The van der Waals surface area contributed by atoms with E-state index in [0.29, 0.717) is 31.1 Å². The van der Waals surface area contributed by atoms with Crippen molar-refractivity contribution in [2.45, 2.75) is 20.1 Å². The van der Waals surface area contributed by atoms with E-state index in [0.717, 1.165) is 24.4 Å². The van der Waals surface area contributed by atoms with Crippen molar-refractivity contribution in [2.24, 2.45) is 4.99 Å². The lowest BCUT2D eigenvalue weighted by Crippen LogP contribution is -2.29. The molecular formula is C21H22BrF2N3O3. The summed E-state index contributed by atoms with van der Waals surface area (Å²) in [6.45, 7) is 3.99. The van der Waals surface area contributed by atoms with Crippen LogP contribution in [0, 0.1) is 18.6 Å². The molecule has 30 heavy (non-hydrogen) atoms. The van der Waals surface area contributed by atoms with Gasteiger partial charge < -0.3 is 18.9 Å². The van der Waals surface area contributed by atoms with E-state index < -0.39 is 11.6 Å². The van der Waals surface area contributed by atoms with Crippen LogP contribution in [0.5, 0.6) is 5.75 Å². The van der Waals surface area contributed by atoms with E-state index in [-0.39, 0.29) is 22.2 Å². The smallest absolute Gasteiger partial charge is 0.269 e. The van der Waals surface area contributed by atoms with Gasteiger partial charge in [-0.15, -0.1) is 0 Å². The van der Waals surface area contributed by atoms with E-state index in [1.54, 1.807) is 30.9 Å². The Bertz CT molecular complexity index is 1040. The summed E-state index contributed by atoms with van der Waals surface area (Å²) in [6.07, 6.45) is 3.72. The zero-order valence-corrected chi connectivity index (χ0v) is 18.3. The van der Waals surface area contributed by atoms with Crippen LogP contribution in [0.25, 0.3) is 0 Å². The summed E-state index contributed by atoms with van der Waals surface area (Å²) in [5, 5.41) is 0. The molecule has 2 aromatic rings. The Kier molecular flexibility index (Phi) is 7.38. The number of rotatable bonds is 8. The molecule has 6 nitrogen and oxygen atoms in total. The second kappa shape index (κ2) is 9.99. The SMILES string of the molecule is COCCN1C=C(Cn2c(C)cc(OCc3ccc(F)cc3F)c(Br)c2=O)N=CC1. The minimum absolute atomic E-state index is 0.127. The number of aromatic nitrogens is 1. The van der Waals surface area contributed by atoms with Gasteiger partial charge in [0.15, 0.2) is 0 Å². The predicted octanol–water partition coefficient (Wildman–Crippen LogP) is 3.65. The Morgan fingerprint density at radius 3 is 2.80 bits per heavy atom. The average molecular weight is 482 g/mol. The summed E-state index contributed by atoms with van der Waals surface area (Å²) >= 11 is 3.28. The molecule has 0 unspecified atom stereocenters. The number of hydrogen-bond donors (Lipinski definition) is 0. The van der Waals surface area contributed by atoms with Crippen molar-refractivity contribution in [1.29, 1.82) is 0 Å². The maximum Gasteiger partial charge on any atom is 0.269 e. The molecule has 1 aromatic carbocycles. The number of pyridine rings is 1. The first kappa shape index (κ1) is 22.2. The molecule has 0 radical (unpaired) electrons. The normalized spacial score (nSPS) is 13.5. The van der Waals surface area contributed by atoms with Gasteiger partial charge in [0.05, 0.1) is 25.4 Å². The van der Waals surface area contributed by atoms with Crippen LogP contribution in [0.2, 0.25) is 0 Å². The summed E-state index contributed by atoms with van der Waals surface area (Å²) in [4.78, 5) is 19.3. The summed E-state index contributed by atoms with van der Waals surface area (Å²) in [5.41, 5.74) is 1.33. The Morgan fingerprint density at radius 2 is 2.07 bits per heavy atom. The van der Waals surface area contributed by atoms with Crippen molar-refractivity contribution in [1.82, 2.24) is 9.47 Å². The molecule has 0 aliphatic carbocycles. The topological polar surface area (TPSA) is 56.1 Å². The standard InChI is InChI=1S/C21H22BrF2N3O3/c1-14-9-19(30-13-15-3-4-16(23)10-18(15)24)20(22)21(28)27(14)12-17-11-26(6-5-25-17)7-8-29-2/h3-5,9-11H,6-8,12-13H2,1-2H3. The highest BCUT2D eigenvalue weighted by Gasteiger charge is 2.15. The van der Waals surface area contributed by atoms with Gasteiger partial charge in [-0.05, 0) is 35.0 Å². The van der Waals surface area contributed by atoms with E-state index in [1.165, 1.54) is 6.07 Å². The van der Waals surface area contributed by atoms with Crippen LogP contribution in [0.1, 0.15) is 11.3 Å². The Hall–Kier alpha value is -2.52. The molecule has 1 aliphatic heterocycles. The van der Waals surface area contributed by atoms with Crippen molar-refractivity contribution >= 4 is 22.1 Å². The fraction of sp³-hybridized carbons (Fsp3) is 0.333. The van der Waals surface area contributed by atoms with Gasteiger partial charge in [0.2, 0.25) is 0 Å². The number of aryl methyl sites for hydroxylation is 1. The number of hydrogen-bond acceptors (Lipinski definition) is 5. The van der Waals surface area contributed by atoms with Crippen LogP contribution in [-0.4, -0.2) is 42.5 Å². The Morgan fingerprint density at radius 1 is 1.27 bits per heavy atom. The summed E-state index contributed by atoms with van der Waals surface area (Å²) in [7, 11) is 1.65. The second-order valence-electron chi connectivity index (χ2n) is 6.80. The van der Waals surface area contributed by atoms with E-state index in [1.807, 2.05) is 6.20 Å². The van der Waals surface area contributed by atoms with E-state index in [9.17, 15) is 13.6 Å². The van der Waals surface area contributed by atoms with Crippen LogP contribution in [0.3, 0.4) is 0 Å². The Balaban J connectivity index is 1.77. The number of ether oxygens (including phenoxy) is 2. The number of benzene rings is 1. The number of halogens is 3. The molecule has 9 heteroatoms. The molecule has 0 N–H and O–H groups in total. The van der Waals surface area contributed by atoms with Crippen LogP contribution in [0.4, 0.5) is 8.78 Å². The fourth-order valence-corrected chi connectivity index (χ4v) is 3.42. The van der Waals surface area contributed by atoms with Gasteiger partial charge in [0, 0.05) is 49.5 Å². The van der Waals surface area contributed by atoms with Gasteiger partial charge in [0.1, 0.15) is 28.5 Å². The number of allylic oxidation sites excluding steroid dienone is 1. The molecule has 160 valence electrons. The largest absolute Gasteiger partial charge is 0.487 e. The molecular weight excluding hydrogens is 460 g/mol. The molecule has 0 saturated heterocycles. The fourth-order valence-electron chi connectivity index (χ4n) is 2.98. The first-order valence-corrected chi connectivity index (χ1v) is 10.1. The molecule has 0 fully saturated rings.